The van der Waals surface area contributed by atoms with Crippen LogP contribution in [-0.2, 0) is 6.54 Å². The Kier molecular flexibility index (Phi) is 7.06. The number of nitrogens with zero attached hydrogens (tertiary/aromatic N) is 1. The van der Waals surface area contributed by atoms with Crippen molar-refractivity contribution in [3.8, 4) is 0 Å². The van der Waals surface area contributed by atoms with E-state index in [0.717, 1.165) is 23.1 Å². The maximum atomic E-state index is 12.3. The van der Waals surface area contributed by atoms with E-state index in [1.54, 1.807) is 0 Å². The molecule has 0 bridgehead atoms. The predicted octanol–water partition coefficient (Wildman–Crippen LogP) is 4.27. The van der Waals surface area contributed by atoms with Crippen LogP contribution in [0.4, 0.5) is 4.79 Å². The van der Waals surface area contributed by atoms with Crippen LogP contribution in [0.1, 0.15) is 33.3 Å². The highest BCUT2D eigenvalue weighted by atomic mass is 79.9. The molecule has 0 saturated heterocycles. The molecule has 2 amide bonds. The lowest BCUT2D eigenvalue weighted by atomic mass is 10.1. The van der Waals surface area contributed by atoms with Gasteiger partial charge in [0.15, 0.2) is 0 Å². The summed E-state index contributed by atoms with van der Waals surface area (Å²) in [5, 5.41) is 3.00. The van der Waals surface area contributed by atoms with E-state index in [0.29, 0.717) is 18.4 Å². The van der Waals surface area contributed by atoms with Crippen molar-refractivity contribution in [2.24, 2.45) is 11.8 Å². The first-order valence-electron chi connectivity index (χ1n) is 7.15. The molecule has 0 fully saturated rings. The molecule has 112 valence electrons. The quantitative estimate of drug-likeness (QED) is 0.823. The molecule has 0 heterocycles. The Morgan fingerprint density at radius 2 is 1.60 bits per heavy atom. The lowest BCUT2D eigenvalue weighted by molar-refractivity contribution is 0.183. The number of carbonyl (C=O) groups is 1. The Hall–Kier alpha value is -1.03. The van der Waals surface area contributed by atoms with Crippen LogP contribution in [0.3, 0.4) is 0 Å². The summed E-state index contributed by atoms with van der Waals surface area (Å²) in [6.07, 6.45) is 0. The molecule has 4 heteroatoms. The van der Waals surface area contributed by atoms with Gasteiger partial charge in [0.05, 0.1) is 0 Å². The van der Waals surface area contributed by atoms with Gasteiger partial charge in [-0.3, -0.25) is 0 Å². The summed E-state index contributed by atoms with van der Waals surface area (Å²) < 4.78 is 1.05. The number of hydrogen-bond donors (Lipinski definition) is 1. The van der Waals surface area contributed by atoms with E-state index >= 15 is 0 Å². The van der Waals surface area contributed by atoms with Crippen molar-refractivity contribution in [3.05, 3.63) is 34.3 Å². The molecule has 0 aliphatic heterocycles. The van der Waals surface area contributed by atoms with Gasteiger partial charge in [0.25, 0.3) is 0 Å². The van der Waals surface area contributed by atoms with Crippen LogP contribution in [0.25, 0.3) is 0 Å². The molecule has 0 unspecified atom stereocenters. The van der Waals surface area contributed by atoms with Crippen LogP contribution in [0.2, 0.25) is 0 Å². The highest BCUT2D eigenvalue weighted by molar-refractivity contribution is 9.10. The van der Waals surface area contributed by atoms with Crippen molar-refractivity contribution in [2.75, 3.05) is 13.1 Å². The van der Waals surface area contributed by atoms with Gasteiger partial charge in [0.2, 0.25) is 0 Å². The standard InChI is InChI=1S/C16H25BrN2O/c1-12(2)10-19(11-13(3)4)16(20)18-9-14-5-7-15(17)8-6-14/h5-8,12-13H,9-11H2,1-4H3,(H,18,20). The molecule has 1 aromatic carbocycles. The molecule has 20 heavy (non-hydrogen) atoms. The molecule has 0 atom stereocenters. The zero-order chi connectivity index (χ0) is 15.1. The zero-order valence-corrected chi connectivity index (χ0v) is 14.4. The van der Waals surface area contributed by atoms with E-state index < -0.39 is 0 Å². The lowest BCUT2D eigenvalue weighted by Crippen LogP contribution is -2.43. The average Bonchev–Trinajstić information content (AvgIpc) is 2.36. The number of halogens is 1. The molecule has 0 aliphatic carbocycles. The van der Waals surface area contributed by atoms with E-state index in [9.17, 15) is 4.79 Å². The zero-order valence-electron chi connectivity index (χ0n) is 12.8. The smallest absolute Gasteiger partial charge is 0.317 e. The fourth-order valence-electron chi connectivity index (χ4n) is 2.01. The highest BCUT2D eigenvalue weighted by Gasteiger charge is 2.15. The second-order valence-corrected chi connectivity index (χ2v) is 6.89. The fourth-order valence-corrected chi connectivity index (χ4v) is 2.28. The molecular weight excluding hydrogens is 316 g/mol. The van der Waals surface area contributed by atoms with Crippen LogP contribution in [0.15, 0.2) is 28.7 Å². The number of nitrogens with one attached hydrogen (secondary N) is 1. The van der Waals surface area contributed by atoms with Gasteiger partial charge < -0.3 is 10.2 Å². The third-order valence-electron chi connectivity index (χ3n) is 2.82. The van der Waals surface area contributed by atoms with Gasteiger partial charge in [0.1, 0.15) is 0 Å². The SMILES string of the molecule is CC(C)CN(CC(C)C)C(=O)NCc1ccc(Br)cc1. The third-order valence-corrected chi connectivity index (χ3v) is 3.34. The van der Waals surface area contributed by atoms with Gasteiger partial charge in [-0.05, 0) is 29.5 Å². The first-order chi connectivity index (χ1) is 9.38. The minimum atomic E-state index is 0.0234. The summed E-state index contributed by atoms with van der Waals surface area (Å²) in [6.45, 7) is 10.7. The maximum absolute atomic E-state index is 12.3. The number of rotatable bonds is 6. The third kappa shape index (κ3) is 6.42. The number of amides is 2. The average molecular weight is 341 g/mol. The van der Waals surface area contributed by atoms with E-state index in [2.05, 4.69) is 48.9 Å². The Bertz CT molecular complexity index is 405. The summed E-state index contributed by atoms with van der Waals surface area (Å²) in [5.41, 5.74) is 1.11. The van der Waals surface area contributed by atoms with Gasteiger partial charge in [-0.1, -0.05) is 55.8 Å². The molecule has 0 spiro atoms. The number of carbonyl (C=O) groups excluding carboxylic acids is 1. The Morgan fingerprint density at radius 1 is 1.10 bits per heavy atom. The summed E-state index contributed by atoms with van der Waals surface area (Å²) in [5.74, 6) is 0.958. The molecule has 0 aromatic heterocycles. The van der Waals surface area contributed by atoms with Gasteiger partial charge in [-0.15, -0.1) is 0 Å². The van der Waals surface area contributed by atoms with Crippen LogP contribution < -0.4 is 5.32 Å². The van der Waals surface area contributed by atoms with Crippen molar-refractivity contribution in [3.63, 3.8) is 0 Å². The fraction of sp³-hybridized carbons (Fsp3) is 0.562. The largest absolute Gasteiger partial charge is 0.334 e. The highest BCUT2D eigenvalue weighted by Crippen LogP contribution is 2.10. The van der Waals surface area contributed by atoms with Crippen molar-refractivity contribution in [1.29, 1.82) is 0 Å². The van der Waals surface area contributed by atoms with Crippen molar-refractivity contribution < 1.29 is 4.79 Å². The maximum Gasteiger partial charge on any atom is 0.317 e. The second-order valence-electron chi connectivity index (χ2n) is 5.98. The number of hydrogen-bond acceptors (Lipinski definition) is 1. The Labute approximate surface area is 130 Å². The first kappa shape index (κ1) is 17.0. The molecule has 0 saturated carbocycles. The normalized spacial score (nSPS) is 10.9. The first-order valence-corrected chi connectivity index (χ1v) is 7.95. The predicted molar refractivity (Wildman–Crippen MR) is 87.6 cm³/mol. The van der Waals surface area contributed by atoms with E-state index in [-0.39, 0.29) is 6.03 Å². The molecule has 1 aromatic rings. The molecule has 0 aliphatic rings. The van der Waals surface area contributed by atoms with Gasteiger partial charge >= 0.3 is 6.03 Å². The minimum Gasteiger partial charge on any atom is -0.334 e. The van der Waals surface area contributed by atoms with Gasteiger partial charge in [-0.25, -0.2) is 4.79 Å². The van der Waals surface area contributed by atoms with Crippen LogP contribution in [0, 0.1) is 11.8 Å². The van der Waals surface area contributed by atoms with E-state index in [1.807, 2.05) is 29.2 Å². The summed E-state index contributed by atoms with van der Waals surface area (Å²) >= 11 is 3.41. The lowest BCUT2D eigenvalue weighted by Gasteiger charge is -2.26. The topological polar surface area (TPSA) is 32.3 Å². The van der Waals surface area contributed by atoms with E-state index in [4.69, 9.17) is 0 Å². The van der Waals surface area contributed by atoms with Crippen molar-refractivity contribution in [2.45, 2.75) is 34.2 Å². The van der Waals surface area contributed by atoms with Gasteiger partial charge in [0, 0.05) is 24.1 Å². The summed E-state index contributed by atoms with van der Waals surface area (Å²) in [6, 6.07) is 8.03. The monoisotopic (exact) mass is 340 g/mol. The van der Waals surface area contributed by atoms with Gasteiger partial charge in [-0.2, -0.15) is 0 Å². The summed E-state index contributed by atoms with van der Waals surface area (Å²) in [7, 11) is 0. The Morgan fingerprint density at radius 3 is 2.05 bits per heavy atom. The number of benzene rings is 1. The van der Waals surface area contributed by atoms with Crippen LogP contribution in [0.5, 0.6) is 0 Å². The van der Waals surface area contributed by atoms with Crippen LogP contribution >= 0.6 is 15.9 Å². The Balaban J connectivity index is 2.54. The van der Waals surface area contributed by atoms with Crippen molar-refractivity contribution in [1.82, 2.24) is 10.2 Å². The minimum absolute atomic E-state index is 0.0234. The van der Waals surface area contributed by atoms with E-state index in [1.165, 1.54) is 0 Å². The summed E-state index contributed by atoms with van der Waals surface area (Å²) in [4.78, 5) is 14.2. The molecule has 1 N–H and O–H groups in total. The molecule has 1 rings (SSSR count). The number of urea groups is 1. The van der Waals surface area contributed by atoms with Crippen LogP contribution in [-0.4, -0.2) is 24.0 Å². The van der Waals surface area contributed by atoms with Crippen molar-refractivity contribution >= 4 is 22.0 Å². The molecule has 3 nitrogen and oxygen atoms in total. The molecular formula is C16H25BrN2O. The second kappa shape index (κ2) is 8.30. The molecule has 0 radical (unpaired) electrons.